The van der Waals surface area contributed by atoms with Gasteiger partial charge in [-0.3, -0.25) is 0 Å². The second-order valence-corrected chi connectivity index (χ2v) is 5.85. The molecule has 1 heterocycles. The summed E-state index contributed by atoms with van der Waals surface area (Å²) in [5, 5.41) is 8.20. The zero-order valence-corrected chi connectivity index (χ0v) is 11.2. The van der Waals surface area contributed by atoms with E-state index in [4.69, 9.17) is 0 Å². The second-order valence-electron chi connectivity index (χ2n) is 5.07. The van der Waals surface area contributed by atoms with Crippen LogP contribution < -0.4 is 5.32 Å². The van der Waals surface area contributed by atoms with Crippen LogP contribution in [-0.4, -0.2) is 6.04 Å². The Balaban J connectivity index is 1.78. The summed E-state index contributed by atoms with van der Waals surface area (Å²) in [7, 11) is 0. The van der Waals surface area contributed by atoms with Crippen molar-refractivity contribution in [3.63, 3.8) is 0 Å². The quantitative estimate of drug-likeness (QED) is 0.820. The first-order valence-electron chi connectivity index (χ1n) is 6.57. The summed E-state index contributed by atoms with van der Waals surface area (Å²) in [6.45, 7) is 4.61. The van der Waals surface area contributed by atoms with Crippen molar-refractivity contribution in [2.75, 3.05) is 0 Å². The number of rotatable bonds is 4. The van der Waals surface area contributed by atoms with E-state index in [9.17, 15) is 0 Å². The molecule has 1 atom stereocenters. The molecule has 90 valence electrons. The van der Waals surface area contributed by atoms with E-state index in [0.29, 0.717) is 6.04 Å². The van der Waals surface area contributed by atoms with E-state index in [0.717, 1.165) is 12.0 Å². The Morgan fingerprint density at radius 1 is 1.38 bits per heavy atom. The smallest absolute Gasteiger partial charge is 0.0302 e. The van der Waals surface area contributed by atoms with E-state index in [2.05, 4.69) is 36.0 Å². The Morgan fingerprint density at radius 2 is 2.12 bits per heavy atom. The van der Waals surface area contributed by atoms with E-state index < -0.39 is 0 Å². The standard InChI is InChI=1S/C14H23NS/c1-3-12-4-6-14(7-5-12)15-11(2)13-8-9-16-10-13/h8-12,14-15H,3-7H2,1-2H3. The second kappa shape index (κ2) is 5.83. The monoisotopic (exact) mass is 237 g/mol. The Labute approximate surface area is 103 Å². The van der Waals surface area contributed by atoms with E-state index in [1.54, 1.807) is 11.3 Å². The molecule has 0 radical (unpaired) electrons. The summed E-state index contributed by atoms with van der Waals surface area (Å²) in [5.74, 6) is 0.995. The van der Waals surface area contributed by atoms with Crippen LogP contribution in [0.3, 0.4) is 0 Å². The Morgan fingerprint density at radius 3 is 2.69 bits per heavy atom. The maximum absolute atomic E-state index is 3.77. The minimum Gasteiger partial charge on any atom is -0.307 e. The van der Waals surface area contributed by atoms with Gasteiger partial charge in [0, 0.05) is 12.1 Å². The van der Waals surface area contributed by atoms with Gasteiger partial charge in [0.1, 0.15) is 0 Å². The van der Waals surface area contributed by atoms with Crippen LogP contribution in [0.15, 0.2) is 16.8 Å². The van der Waals surface area contributed by atoms with Crippen LogP contribution in [0, 0.1) is 5.92 Å². The van der Waals surface area contributed by atoms with Gasteiger partial charge in [0.2, 0.25) is 0 Å². The molecule has 1 aromatic rings. The summed E-state index contributed by atoms with van der Waals surface area (Å²) in [6.07, 6.45) is 6.95. The van der Waals surface area contributed by atoms with Crippen molar-refractivity contribution in [2.24, 2.45) is 5.92 Å². The normalized spacial score (nSPS) is 27.9. The highest BCUT2D eigenvalue weighted by molar-refractivity contribution is 7.07. The maximum atomic E-state index is 3.77. The molecule has 2 rings (SSSR count). The molecular formula is C14H23NS. The van der Waals surface area contributed by atoms with Crippen LogP contribution in [0.1, 0.15) is 57.6 Å². The lowest BCUT2D eigenvalue weighted by molar-refractivity contribution is 0.273. The molecule has 1 aromatic heterocycles. The summed E-state index contributed by atoms with van der Waals surface area (Å²) in [5.41, 5.74) is 1.45. The Hall–Kier alpha value is -0.340. The zero-order chi connectivity index (χ0) is 11.4. The fourth-order valence-corrected chi connectivity index (χ4v) is 3.46. The van der Waals surface area contributed by atoms with Gasteiger partial charge in [-0.2, -0.15) is 11.3 Å². The third-order valence-electron chi connectivity index (χ3n) is 3.95. The van der Waals surface area contributed by atoms with E-state index in [1.165, 1.54) is 37.7 Å². The molecule has 1 unspecified atom stereocenters. The topological polar surface area (TPSA) is 12.0 Å². The van der Waals surface area contributed by atoms with E-state index >= 15 is 0 Å². The minimum absolute atomic E-state index is 0.523. The first-order valence-corrected chi connectivity index (χ1v) is 7.52. The van der Waals surface area contributed by atoms with Crippen LogP contribution in [0.2, 0.25) is 0 Å². The van der Waals surface area contributed by atoms with Gasteiger partial charge in [-0.05, 0) is 60.9 Å². The highest BCUT2D eigenvalue weighted by Gasteiger charge is 2.21. The van der Waals surface area contributed by atoms with Crippen molar-refractivity contribution >= 4 is 11.3 Å². The number of hydrogen-bond donors (Lipinski definition) is 1. The van der Waals surface area contributed by atoms with Crippen molar-refractivity contribution < 1.29 is 0 Å². The molecule has 0 spiro atoms. The average Bonchev–Trinajstić information content (AvgIpc) is 2.83. The molecule has 0 aliphatic heterocycles. The van der Waals surface area contributed by atoms with Gasteiger partial charge >= 0.3 is 0 Å². The Bertz CT molecular complexity index is 286. The Kier molecular flexibility index (Phi) is 4.42. The first kappa shape index (κ1) is 12.1. The lowest BCUT2D eigenvalue weighted by atomic mass is 9.84. The molecule has 1 aliphatic carbocycles. The van der Waals surface area contributed by atoms with Gasteiger partial charge in [0.25, 0.3) is 0 Å². The van der Waals surface area contributed by atoms with Crippen molar-refractivity contribution in [2.45, 2.75) is 58.0 Å². The molecule has 0 bridgehead atoms. The van der Waals surface area contributed by atoms with Crippen LogP contribution >= 0.6 is 11.3 Å². The fourth-order valence-electron chi connectivity index (χ4n) is 2.71. The average molecular weight is 237 g/mol. The predicted octanol–water partition coefficient (Wildman–Crippen LogP) is 4.37. The lowest BCUT2D eigenvalue weighted by Crippen LogP contribution is -2.34. The van der Waals surface area contributed by atoms with Gasteiger partial charge in [-0.15, -0.1) is 0 Å². The summed E-state index contributed by atoms with van der Waals surface area (Å²) in [4.78, 5) is 0. The van der Waals surface area contributed by atoms with E-state index in [-0.39, 0.29) is 0 Å². The van der Waals surface area contributed by atoms with Crippen molar-refractivity contribution in [1.82, 2.24) is 5.32 Å². The van der Waals surface area contributed by atoms with Crippen molar-refractivity contribution in [3.05, 3.63) is 22.4 Å². The van der Waals surface area contributed by atoms with Gasteiger partial charge in [0.15, 0.2) is 0 Å². The van der Waals surface area contributed by atoms with Crippen LogP contribution in [0.5, 0.6) is 0 Å². The number of thiophene rings is 1. The molecule has 0 amide bonds. The first-order chi connectivity index (χ1) is 7.79. The minimum atomic E-state index is 0.523. The fraction of sp³-hybridized carbons (Fsp3) is 0.714. The van der Waals surface area contributed by atoms with Gasteiger partial charge in [0.05, 0.1) is 0 Å². The molecule has 2 heteroatoms. The van der Waals surface area contributed by atoms with Crippen LogP contribution in [-0.2, 0) is 0 Å². The van der Waals surface area contributed by atoms with E-state index in [1.807, 2.05) is 0 Å². The zero-order valence-electron chi connectivity index (χ0n) is 10.4. The predicted molar refractivity (Wildman–Crippen MR) is 71.9 cm³/mol. The summed E-state index contributed by atoms with van der Waals surface area (Å²) in [6, 6.07) is 3.51. The molecule has 1 nitrogen and oxygen atoms in total. The number of hydrogen-bond acceptors (Lipinski definition) is 2. The van der Waals surface area contributed by atoms with Crippen molar-refractivity contribution in [3.8, 4) is 0 Å². The van der Waals surface area contributed by atoms with Crippen LogP contribution in [0.25, 0.3) is 0 Å². The van der Waals surface area contributed by atoms with Crippen molar-refractivity contribution in [1.29, 1.82) is 0 Å². The van der Waals surface area contributed by atoms with Gasteiger partial charge in [-0.1, -0.05) is 13.3 Å². The maximum Gasteiger partial charge on any atom is 0.0302 e. The molecule has 1 N–H and O–H groups in total. The third kappa shape index (κ3) is 3.08. The molecule has 0 saturated heterocycles. The highest BCUT2D eigenvalue weighted by atomic mass is 32.1. The molecule has 1 aliphatic rings. The summed E-state index contributed by atoms with van der Waals surface area (Å²) >= 11 is 1.79. The lowest BCUT2D eigenvalue weighted by Gasteiger charge is -2.30. The largest absolute Gasteiger partial charge is 0.307 e. The SMILES string of the molecule is CCC1CCC(NC(C)c2ccsc2)CC1. The molecule has 16 heavy (non-hydrogen) atoms. The highest BCUT2D eigenvalue weighted by Crippen LogP contribution is 2.28. The molecular weight excluding hydrogens is 214 g/mol. The van der Waals surface area contributed by atoms with Crippen LogP contribution in [0.4, 0.5) is 0 Å². The van der Waals surface area contributed by atoms with Gasteiger partial charge < -0.3 is 5.32 Å². The number of nitrogens with one attached hydrogen (secondary N) is 1. The molecule has 0 aromatic carbocycles. The summed E-state index contributed by atoms with van der Waals surface area (Å²) < 4.78 is 0. The van der Waals surface area contributed by atoms with Gasteiger partial charge in [-0.25, -0.2) is 0 Å². The third-order valence-corrected chi connectivity index (χ3v) is 4.65. The molecule has 1 saturated carbocycles. The molecule has 1 fully saturated rings.